The van der Waals surface area contributed by atoms with Crippen LogP contribution in [-0.4, -0.2) is 34.7 Å². The summed E-state index contributed by atoms with van der Waals surface area (Å²) in [6.45, 7) is 4.62. The molecule has 0 aromatic carbocycles. The molecule has 0 aromatic rings. The Morgan fingerprint density at radius 1 is 1.12 bits per heavy atom. The summed E-state index contributed by atoms with van der Waals surface area (Å²) in [5.74, 6) is 0. The van der Waals surface area contributed by atoms with Crippen LogP contribution >= 0.6 is 0 Å². The zero-order valence-electron chi connectivity index (χ0n) is 11.5. The van der Waals surface area contributed by atoms with Gasteiger partial charge in [0.05, 0.1) is 5.60 Å². The molecule has 2 nitrogen and oxygen atoms in total. The van der Waals surface area contributed by atoms with Gasteiger partial charge >= 0.3 is 0 Å². The van der Waals surface area contributed by atoms with Crippen LogP contribution in [0.4, 0.5) is 0 Å². The topological polar surface area (TPSA) is 23.5 Å². The van der Waals surface area contributed by atoms with Crippen molar-refractivity contribution in [2.45, 2.75) is 82.8 Å². The van der Waals surface area contributed by atoms with E-state index in [1.54, 1.807) is 0 Å². The third-order valence-electron chi connectivity index (χ3n) is 4.78. The van der Waals surface area contributed by atoms with Gasteiger partial charge < -0.3 is 5.11 Å². The van der Waals surface area contributed by atoms with Gasteiger partial charge in [-0.1, -0.05) is 45.4 Å². The molecule has 2 atom stereocenters. The van der Waals surface area contributed by atoms with E-state index in [0.717, 1.165) is 19.4 Å². The molecular formula is C15H29NO. The SMILES string of the molecule is CCCCCCCCC1(O)CCN2CCCC21. The quantitative estimate of drug-likeness (QED) is 0.689. The minimum Gasteiger partial charge on any atom is -0.388 e. The van der Waals surface area contributed by atoms with E-state index >= 15 is 0 Å². The first-order chi connectivity index (χ1) is 8.26. The van der Waals surface area contributed by atoms with Gasteiger partial charge in [-0.15, -0.1) is 0 Å². The van der Waals surface area contributed by atoms with Gasteiger partial charge in [-0.25, -0.2) is 0 Å². The Kier molecular flexibility index (Phi) is 4.87. The highest BCUT2D eigenvalue weighted by Crippen LogP contribution is 2.39. The molecule has 2 aliphatic heterocycles. The molecule has 0 aromatic heterocycles. The van der Waals surface area contributed by atoms with Crippen LogP contribution in [0.25, 0.3) is 0 Å². The van der Waals surface area contributed by atoms with E-state index < -0.39 is 0 Å². The molecule has 0 spiro atoms. The number of unbranched alkanes of at least 4 members (excludes halogenated alkanes) is 5. The van der Waals surface area contributed by atoms with Crippen LogP contribution in [0.1, 0.15) is 71.1 Å². The summed E-state index contributed by atoms with van der Waals surface area (Å²) < 4.78 is 0. The molecular weight excluding hydrogens is 210 g/mol. The summed E-state index contributed by atoms with van der Waals surface area (Å²) in [5, 5.41) is 10.7. The second-order valence-electron chi connectivity index (χ2n) is 6.07. The fourth-order valence-electron chi connectivity index (χ4n) is 3.71. The van der Waals surface area contributed by atoms with Crippen LogP contribution in [0, 0.1) is 0 Å². The van der Waals surface area contributed by atoms with E-state index in [4.69, 9.17) is 0 Å². The Morgan fingerprint density at radius 2 is 1.88 bits per heavy atom. The van der Waals surface area contributed by atoms with Gasteiger partial charge in [-0.3, -0.25) is 4.90 Å². The Bertz CT molecular complexity index is 231. The Balaban J connectivity index is 1.64. The number of aliphatic hydroxyl groups is 1. The standard InChI is InChI=1S/C15H29NO/c1-2-3-4-5-6-7-10-15(17)11-13-16-12-8-9-14(15)16/h14,17H,2-13H2,1H3. The van der Waals surface area contributed by atoms with E-state index in [-0.39, 0.29) is 5.60 Å². The van der Waals surface area contributed by atoms with Crippen molar-refractivity contribution in [3.8, 4) is 0 Å². The van der Waals surface area contributed by atoms with Gasteiger partial charge in [0.25, 0.3) is 0 Å². The van der Waals surface area contributed by atoms with Gasteiger partial charge in [0.1, 0.15) is 0 Å². The highest BCUT2D eigenvalue weighted by Gasteiger charge is 2.47. The molecule has 17 heavy (non-hydrogen) atoms. The molecule has 100 valence electrons. The molecule has 0 saturated carbocycles. The predicted octanol–water partition coefficient (Wildman–Crippen LogP) is 3.34. The van der Waals surface area contributed by atoms with E-state index in [1.807, 2.05) is 0 Å². The smallest absolute Gasteiger partial charge is 0.0814 e. The molecule has 2 unspecified atom stereocenters. The number of hydrogen-bond donors (Lipinski definition) is 1. The van der Waals surface area contributed by atoms with Gasteiger partial charge in [0.15, 0.2) is 0 Å². The summed E-state index contributed by atoms with van der Waals surface area (Å²) in [5.41, 5.74) is -0.332. The largest absolute Gasteiger partial charge is 0.388 e. The van der Waals surface area contributed by atoms with Gasteiger partial charge in [0, 0.05) is 12.6 Å². The highest BCUT2D eigenvalue weighted by atomic mass is 16.3. The minimum absolute atomic E-state index is 0.332. The first-order valence-electron chi connectivity index (χ1n) is 7.73. The first kappa shape index (κ1) is 13.4. The summed E-state index contributed by atoms with van der Waals surface area (Å²) >= 11 is 0. The lowest BCUT2D eigenvalue weighted by molar-refractivity contribution is 0.00361. The number of rotatable bonds is 7. The Labute approximate surface area is 106 Å². The highest BCUT2D eigenvalue weighted by molar-refractivity contribution is 5.02. The summed E-state index contributed by atoms with van der Waals surface area (Å²) in [7, 11) is 0. The van der Waals surface area contributed by atoms with E-state index in [1.165, 1.54) is 57.9 Å². The van der Waals surface area contributed by atoms with Crippen LogP contribution in [-0.2, 0) is 0 Å². The van der Waals surface area contributed by atoms with Crippen molar-refractivity contribution in [1.29, 1.82) is 0 Å². The minimum atomic E-state index is -0.332. The van der Waals surface area contributed by atoms with Gasteiger partial charge in [-0.2, -0.15) is 0 Å². The molecule has 2 rings (SSSR count). The monoisotopic (exact) mass is 239 g/mol. The molecule has 0 bridgehead atoms. The average Bonchev–Trinajstić information content (AvgIpc) is 2.89. The molecule has 2 heterocycles. The molecule has 2 fully saturated rings. The molecule has 2 saturated heterocycles. The number of fused-ring (bicyclic) bond motifs is 1. The molecule has 1 N–H and O–H groups in total. The fourth-order valence-corrected chi connectivity index (χ4v) is 3.71. The maximum atomic E-state index is 10.7. The number of hydrogen-bond acceptors (Lipinski definition) is 2. The van der Waals surface area contributed by atoms with Gasteiger partial charge in [-0.05, 0) is 32.2 Å². The zero-order chi connectivity index (χ0) is 12.1. The molecule has 0 radical (unpaired) electrons. The normalized spacial score (nSPS) is 33.2. The van der Waals surface area contributed by atoms with Crippen LogP contribution < -0.4 is 0 Å². The maximum Gasteiger partial charge on any atom is 0.0814 e. The van der Waals surface area contributed by atoms with Crippen molar-refractivity contribution in [1.82, 2.24) is 4.90 Å². The van der Waals surface area contributed by atoms with Crippen LogP contribution in [0.2, 0.25) is 0 Å². The average molecular weight is 239 g/mol. The van der Waals surface area contributed by atoms with E-state index in [9.17, 15) is 5.11 Å². The second-order valence-corrected chi connectivity index (χ2v) is 6.07. The fraction of sp³-hybridized carbons (Fsp3) is 1.00. The zero-order valence-corrected chi connectivity index (χ0v) is 11.5. The van der Waals surface area contributed by atoms with E-state index in [2.05, 4.69) is 11.8 Å². The Morgan fingerprint density at radius 3 is 2.71 bits per heavy atom. The van der Waals surface area contributed by atoms with Crippen molar-refractivity contribution in [2.75, 3.05) is 13.1 Å². The third kappa shape index (κ3) is 3.23. The molecule has 0 aliphatic carbocycles. The first-order valence-corrected chi connectivity index (χ1v) is 7.73. The molecule has 0 amide bonds. The van der Waals surface area contributed by atoms with Crippen molar-refractivity contribution in [3.05, 3.63) is 0 Å². The lowest BCUT2D eigenvalue weighted by atomic mass is 9.87. The maximum absolute atomic E-state index is 10.7. The van der Waals surface area contributed by atoms with Crippen LogP contribution in [0.3, 0.4) is 0 Å². The second kappa shape index (κ2) is 6.19. The summed E-state index contributed by atoms with van der Waals surface area (Å²) in [6.07, 6.45) is 12.6. The van der Waals surface area contributed by atoms with Crippen molar-refractivity contribution in [2.24, 2.45) is 0 Å². The Hall–Kier alpha value is -0.0800. The van der Waals surface area contributed by atoms with Crippen molar-refractivity contribution < 1.29 is 5.11 Å². The van der Waals surface area contributed by atoms with Gasteiger partial charge in [0.2, 0.25) is 0 Å². The number of nitrogens with zero attached hydrogens (tertiary/aromatic N) is 1. The molecule has 2 heteroatoms. The van der Waals surface area contributed by atoms with Crippen LogP contribution in [0.15, 0.2) is 0 Å². The van der Waals surface area contributed by atoms with Crippen molar-refractivity contribution >= 4 is 0 Å². The van der Waals surface area contributed by atoms with Crippen LogP contribution in [0.5, 0.6) is 0 Å². The predicted molar refractivity (Wildman–Crippen MR) is 72.2 cm³/mol. The lowest BCUT2D eigenvalue weighted by Gasteiger charge is -2.30. The van der Waals surface area contributed by atoms with Crippen molar-refractivity contribution in [3.63, 3.8) is 0 Å². The molecule has 2 aliphatic rings. The summed E-state index contributed by atoms with van der Waals surface area (Å²) in [4.78, 5) is 2.51. The van der Waals surface area contributed by atoms with E-state index in [0.29, 0.717) is 6.04 Å². The lowest BCUT2D eigenvalue weighted by Crippen LogP contribution is -2.41. The third-order valence-corrected chi connectivity index (χ3v) is 4.78. The summed E-state index contributed by atoms with van der Waals surface area (Å²) in [6, 6.07) is 0.498.